The Kier molecular flexibility index (Phi) is 3.10. The van der Waals surface area contributed by atoms with Crippen LogP contribution in [0.4, 0.5) is 18.9 Å². The van der Waals surface area contributed by atoms with Crippen LogP contribution in [0, 0.1) is 0 Å². The molecule has 0 atom stereocenters. The molecule has 0 aromatic heterocycles. The standard InChI is InChI=1S/C7H6ClF3N2O2S/c8-4-2-6(16(13,14)15)5(12)1-3(4)7(9,10)11/h1-2H,12H2,(H2,13,14,15). The van der Waals surface area contributed by atoms with E-state index in [-0.39, 0.29) is 0 Å². The molecule has 0 aliphatic heterocycles. The van der Waals surface area contributed by atoms with Gasteiger partial charge in [0.2, 0.25) is 10.0 Å². The maximum absolute atomic E-state index is 12.3. The van der Waals surface area contributed by atoms with Crippen molar-refractivity contribution in [3.63, 3.8) is 0 Å². The van der Waals surface area contributed by atoms with Gasteiger partial charge in [-0.15, -0.1) is 0 Å². The number of benzene rings is 1. The van der Waals surface area contributed by atoms with Gasteiger partial charge in [0.15, 0.2) is 0 Å². The SMILES string of the molecule is Nc1cc(C(F)(F)F)c(Cl)cc1S(N)(=O)=O. The van der Waals surface area contributed by atoms with Crippen LogP contribution in [0.5, 0.6) is 0 Å². The Morgan fingerprint density at radius 2 is 1.75 bits per heavy atom. The first-order valence-corrected chi connectivity index (χ1v) is 5.65. The maximum Gasteiger partial charge on any atom is 0.417 e. The number of hydrogen-bond donors (Lipinski definition) is 2. The zero-order valence-corrected chi connectivity index (χ0v) is 9.12. The van der Waals surface area contributed by atoms with Gasteiger partial charge in [0.05, 0.1) is 16.3 Å². The lowest BCUT2D eigenvalue weighted by atomic mass is 10.2. The van der Waals surface area contributed by atoms with Crippen molar-refractivity contribution >= 4 is 27.3 Å². The van der Waals surface area contributed by atoms with Crippen LogP contribution >= 0.6 is 11.6 Å². The number of rotatable bonds is 1. The van der Waals surface area contributed by atoms with Gasteiger partial charge in [-0.1, -0.05) is 11.6 Å². The van der Waals surface area contributed by atoms with Crippen molar-refractivity contribution in [1.82, 2.24) is 0 Å². The number of halogens is 4. The van der Waals surface area contributed by atoms with E-state index in [1.54, 1.807) is 0 Å². The molecule has 0 saturated heterocycles. The fourth-order valence-electron chi connectivity index (χ4n) is 1.04. The van der Waals surface area contributed by atoms with Gasteiger partial charge in [-0.2, -0.15) is 13.2 Å². The molecule has 0 saturated carbocycles. The van der Waals surface area contributed by atoms with Gasteiger partial charge in [0, 0.05) is 0 Å². The number of sulfonamides is 1. The fraction of sp³-hybridized carbons (Fsp3) is 0.143. The Hall–Kier alpha value is -0.990. The highest BCUT2D eigenvalue weighted by Crippen LogP contribution is 2.37. The van der Waals surface area contributed by atoms with Gasteiger partial charge in [0.25, 0.3) is 0 Å². The Morgan fingerprint density at radius 1 is 1.25 bits per heavy atom. The number of nitrogens with two attached hydrogens (primary N) is 2. The molecule has 1 rings (SSSR count). The van der Waals surface area contributed by atoms with E-state index in [9.17, 15) is 21.6 Å². The molecule has 0 aliphatic carbocycles. The number of alkyl halides is 3. The van der Waals surface area contributed by atoms with Gasteiger partial charge in [-0.05, 0) is 12.1 Å². The molecule has 9 heteroatoms. The average Bonchev–Trinajstić information content (AvgIpc) is 2.04. The number of anilines is 1. The van der Waals surface area contributed by atoms with E-state index in [0.29, 0.717) is 12.1 Å². The van der Waals surface area contributed by atoms with Crippen LogP contribution in [0.2, 0.25) is 5.02 Å². The zero-order valence-electron chi connectivity index (χ0n) is 7.55. The van der Waals surface area contributed by atoms with Crippen molar-refractivity contribution in [2.45, 2.75) is 11.1 Å². The second-order valence-corrected chi connectivity index (χ2v) is 4.85. The Morgan fingerprint density at radius 3 is 2.12 bits per heavy atom. The van der Waals surface area contributed by atoms with Gasteiger partial charge < -0.3 is 5.73 Å². The van der Waals surface area contributed by atoms with E-state index < -0.39 is 37.4 Å². The van der Waals surface area contributed by atoms with Crippen molar-refractivity contribution < 1.29 is 21.6 Å². The van der Waals surface area contributed by atoms with Gasteiger partial charge in [-0.3, -0.25) is 0 Å². The van der Waals surface area contributed by atoms with Crippen LogP contribution in [0.15, 0.2) is 17.0 Å². The minimum absolute atomic E-state index is 0.433. The monoisotopic (exact) mass is 274 g/mol. The largest absolute Gasteiger partial charge is 0.417 e. The summed E-state index contributed by atoms with van der Waals surface area (Å²) in [6.45, 7) is 0. The molecule has 0 aliphatic rings. The Balaban J connectivity index is 3.52. The smallest absolute Gasteiger partial charge is 0.398 e. The number of nitrogen functional groups attached to an aromatic ring is 1. The maximum atomic E-state index is 12.3. The summed E-state index contributed by atoms with van der Waals surface area (Å²) in [6.07, 6.45) is -4.71. The van der Waals surface area contributed by atoms with E-state index >= 15 is 0 Å². The summed E-state index contributed by atoms with van der Waals surface area (Å²) in [5.74, 6) is 0. The summed E-state index contributed by atoms with van der Waals surface area (Å²) in [4.78, 5) is -0.634. The van der Waals surface area contributed by atoms with Crippen molar-refractivity contribution in [2.75, 3.05) is 5.73 Å². The molecular weight excluding hydrogens is 269 g/mol. The highest BCUT2D eigenvalue weighted by Gasteiger charge is 2.34. The van der Waals surface area contributed by atoms with Crippen LogP contribution < -0.4 is 10.9 Å². The first kappa shape index (κ1) is 13.1. The molecule has 16 heavy (non-hydrogen) atoms. The van der Waals surface area contributed by atoms with Gasteiger partial charge in [-0.25, -0.2) is 13.6 Å². The molecule has 1 aromatic carbocycles. The van der Waals surface area contributed by atoms with E-state index in [1.807, 2.05) is 0 Å². The predicted octanol–water partition coefficient (Wildman–Crippen LogP) is 1.59. The quantitative estimate of drug-likeness (QED) is 0.763. The molecular formula is C7H6ClF3N2O2S. The molecule has 4 nitrogen and oxygen atoms in total. The highest BCUT2D eigenvalue weighted by atomic mass is 35.5. The lowest BCUT2D eigenvalue weighted by Crippen LogP contribution is -2.16. The second kappa shape index (κ2) is 3.79. The first-order valence-electron chi connectivity index (χ1n) is 3.72. The third-order valence-corrected chi connectivity index (χ3v) is 2.99. The molecule has 0 radical (unpaired) electrons. The van der Waals surface area contributed by atoms with E-state index in [0.717, 1.165) is 0 Å². The topological polar surface area (TPSA) is 86.2 Å². The lowest BCUT2D eigenvalue weighted by molar-refractivity contribution is -0.137. The third kappa shape index (κ3) is 2.57. The average molecular weight is 275 g/mol. The molecule has 1 aromatic rings. The molecule has 0 fully saturated rings. The van der Waals surface area contributed by atoms with Crippen molar-refractivity contribution in [3.05, 3.63) is 22.7 Å². The van der Waals surface area contributed by atoms with E-state index in [4.69, 9.17) is 22.5 Å². The third-order valence-electron chi connectivity index (χ3n) is 1.71. The van der Waals surface area contributed by atoms with E-state index in [2.05, 4.69) is 0 Å². The number of hydrogen-bond acceptors (Lipinski definition) is 3. The minimum atomic E-state index is -4.71. The summed E-state index contributed by atoms with van der Waals surface area (Å²) in [7, 11) is -4.20. The molecule has 0 spiro atoms. The van der Waals surface area contributed by atoms with Crippen LogP contribution in [0.3, 0.4) is 0 Å². The summed E-state index contributed by atoms with van der Waals surface area (Å²) in [5.41, 5.74) is 3.35. The predicted molar refractivity (Wildman–Crippen MR) is 52.2 cm³/mol. The summed E-state index contributed by atoms with van der Waals surface area (Å²) < 4.78 is 58.9. The molecule has 0 heterocycles. The van der Waals surface area contributed by atoms with Crippen LogP contribution in [0.1, 0.15) is 5.56 Å². The Labute approximate surface area is 94.0 Å². The van der Waals surface area contributed by atoms with E-state index in [1.165, 1.54) is 0 Å². The molecule has 0 amide bonds. The summed E-state index contributed by atoms with van der Waals surface area (Å²) in [6, 6.07) is 1.01. The van der Waals surface area contributed by atoms with Crippen LogP contribution in [0.25, 0.3) is 0 Å². The lowest BCUT2D eigenvalue weighted by Gasteiger charge is -2.11. The summed E-state index contributed by atoms with van der Waals surface area (Å²) in [5, 5.41) is 3.97. The number of primary sulfonamides is 1. The molecule has 4 N–H and O–H groups in total. The van der Waals surface area contributed by atoms with Crippen molar-refractivity contribution in [2.24, 2.45) is 5.14 Å². The zero-order chi connectivity index (χ0) is 12.7. The second-order valence-electron chi connectivity index (χ2n) is 2.91. The molecule has 0 bridgehead atoms. The van der Waals surface area contributed by atoms with Crippen LogP contribution in [-0.2, 0) is 16.2 Å². The highest BCUT2D eigenvalue weighted by molar-refractivity contribution is 7.89. The van der Waals surface area contributed by atoms with Gasteiger partial charge in [0.1, 0.15) is 4.90 Å². The van der Waals surface area contributed by atoms with Crippen molar-refractivity contribution in [3.8, 4) is 0 Å². The van der Waals surface area contributed by atoms with Crippen LogP contribution in [-0.4, -0.2) is 8.42 Å². The van der Waals surface area contributed by atoms with Gasteiger partial charge >= 0.3 is 6.18 Å². The fourth-order valence-corrected chi connectivity index (χ4v) is 2.04. The first-order chi connectivity index (χ1) is 7.03. The molecule has 90 valence electrons. The minimum Gasteiger partial charge on any atom is -0.398 e. The summed E-state index contributed by atoms with van der Waals surface area (Å²) >= 11 is 5.30. The Bertz CT molecular complexity index is 527. The molecule has 0 unspecified atom stereocenters. The van der Waals surface area contributed by atoms with Crippen molar-refractivity contribution in [1.29, 1.82) is 0 Å². The normalized spacial score (nSPS) is 12.8.